The Bertz CT molecular complexity index is 513. The number of aryl methyl sites for hydroxylation is 1. The molecule has 1 aromatic carbocycles. The van der Waals surface area contributed by atoms with Crippen molar-refractivity contribution in [2.75, 3.05) is 0 Å². The van der Waals surface area contributed by atoms with Crippen molar-refractivity contribution < 1.29 is 4.39 Å². The molecule has 0 saturated carbocycles. The van der Waals surface area contributed by atoms with Crippen LogP contribution in [-0.2, 0) is 0 Å². The highest BCUT2D eigenvalue weighted by Crippen LogP contribution is 2.35. The Morgan fingerprint density at radius 2 is 2.06 bits per heavy atom. The summed E-state index contributed by atoms with van der Waals surface area (Å²) in [5, 5.41) is 0. The fourth-order valence-electron chi connectivity index (χ4n) is 2.08. The second-order valence-electron chi connectivity index (χ2n) is 4.53. The molecule has 3 heteroatoms. The number of benzene rings is 1. The average Bonchev–Trinajstić information content (AvgIpc) is 2.78. The van der Waals surface area contributed by atoms with Crippen molar-refractivity contribution in [2.24, 2.45) is 5.73 Å². The van der Waals surface area contributed by atoms with Crippen LogP contribution in [0, 0.1) is 12.7 Å². The molecule has 0 aliphatic rings. The number of halogens is 1. The summed E-state index contributed by atoms with van der Waals surface area (Å²) < 4.78 is 13.9. The van der Waals surface area contributed by atoms with Crippen molar-refractivity contribution in [1.29, 1.82) is 0 Å². The number of nitrogens with two attached hydrogens (primary N) is 1. The average molecular weight is 263 g/mol. The van der Waals surface area contributed by atoms with Gasteiger partial charge >= 0.3 is 0 Å². The van der Waals surface area contributed by atoms with Gasteiger partial charge in [0.2, 0.25) is 0 Å². The second kappa shape index (κ2) is 5.63. The minimum atomic E-state index is -0.160. The summed E-state index contributed by atoms with van der Waals surface area (Å²) in [7, 11) is 0. The standard InChI is InChI=1S/C15H18FNS/c1-3-5-12(17)13-8-9-14(18-13)15-10(2)6-4-7-11(15)16/h4,6-9,12H,3,5,17H2,1-2H3. The van der Waals surface area contributed by atoms with Crippen LogP contribution in [0.3, 0.4) is 0 Å². The van der Waals surface area contributed by atoms with Crippen LogP contribution in [-0.4, -0.2) is 0 Å². The Morgan fingerprint density at radius 3 is 2.72 bits per heavy atom. The van der Waals surface area contributed by atoms with Crippen LogP contribution in [0.2, 0.25) is 0 Å². The summed E-state index contributed by atoms with van der Waals surface area (Å²) in [6, 6.07) is 9.25. The zero-order valence-corrected chi connectivity index (χ0v) is 11.6. The van der Waals surface area contributed by atoms with E-state index in [-0.39, 0.29) is 11.9 Å². The zero-order chi connectivity index (χ0) is 13.1. The fourth-order valence-corrected chi connectivity index (χ4v) is 3.24. The molecule has 0 aliphatic carbocycles. The first-order valence-electron chi connectivity index (χ1n) is 6.24. The molecule has 0 amide bonds. The minimum Gasteiger partial charge on any atom is -0.323 e. The predicted octanol–water partition coefficient (Wildman–Crippen LogP) is 4.66. The van der Waals surface area contributed by atoms with Gasteiger partial charge < -0.3 is 5.73 Å². The van der Waals surface area contributed by atoms with Crippen LogP contribution in [0.4, 0.5) is 4.39 Å². The number of hydrogen-bond acceptors (Lipinski definition) is 2. The summed E-state index contributed by atoms with van der Waals surface area (Å²) in [5.74, 6) is -0.160. The Kier molecular flexibility index (Phi) is 4.15. The van der Waals surface area contributed by atoms with Gasteiger partial charge in [-0.15, -0.1) is 11.3 Å². The monoisotopic (exact) mass is 263 g/mol. The maximum atomic E-state index is 13.9. The van der Waals surface area contributed by atoms with E-state index >= 15 is 0 Å². The molecule has 0 saturated heterocycles. The van der Waals surface area contributed by atoms with Gasteiger partial charge in [0, 0.05) is 21.4 Å². The molecule has 2 rings (SSSR count). The Balaban J connectivity index is 2.35. The molecular formula is C15H18FNS. The predicted molar refractivity (Wildman–Crippen MR) is 76.3 cm³/mol. The van der Waals surface area contributed by atoms with Gasteiger partial charge in [-0.2, -0.15) is 0 Å². The molecule has 0 fully saturated rings. The highest BCUT2D eigenvalue weighted by Gasteiger charge is 2.13. The Morgan fingerprint density at radius 1 is 1.28 bits per heavy atom. The van der Waals surface area contributed by atoms with E-state index in [1.807, 2.05) is 25.1 Å². The van der Waals surface area contributed by atoms with Crippen LogP contribution >= 0.6 is 11.3 Å². The summed E-state index contributed by atoms with van der Waals surface area (Å²) in [6.45, 7) is 4.05. The largest absolute Gasteiger partial charge is 0.323 e. The lowest BCUT2D eigenvalue weighted by molar-refractivity contribution is 0.630. The molecule has 1 heterocycles. The van der Waals surface area contributed by atoms with E-state index in [0.29, 0.717) is 5.56 Å². The van der Waals surface area contributed by atoms with E-state index < -0.39 is 0 Å². The molecule has 1 atom stereocenters. The molecule has 0 radical (unpaired) electrons. The molecule has 1 unspecified atom stereocenters. The molecule has 2 aromatic rings. The summed E-state index contributed by atoms with van der Waals surface area (Å²) >= 11 is 1.60. The smallest absolute Gasteiger partial charge is 0.132 e. The van der Waals surface area contributed by atoms with Gasteiger partial charge in [0.25, 0.3) is 0 Å². The zero-order valence-electron chi connectivity index (χ0n) is 10.7. The third kappa shape index (κ3) is 2.62. The molecule has 0 aliphatic heterocycles. The van der Waals surface area contributed by atoms with E-state index in [0.717, 1.165) is 28.2 Å². The van der Waals surface area contributed by atoms with Gasteiger partial charge in [0.05, 0.1) is 0 Å². The van der Waals surface area contributed by atoms with Gasteiger partial charge in [0.15, 0.2) is 0 Å². The first kappa shape index (κ1) is 13.2. The van der Waals surface area contributed by atoms with Crippen molar-refractivity contribution in [3.8, 4) is 10.4 Å². The van der Waals surface area contributed by atoms with Crippen molar-refractivity contribution >= 4 is 11.3 Å². The van der Waals surface area contributed by atoms with Gasteiger partial charge in [-0.25, -0.2) is 4.39 Å². The number of thiophene rings is 1. The first-order valence-corrected chi connectivity index (χ1v) is 7.06. The summed E-state index contributed by atoms with van der Waals surface area (Å²) in [6.07, 6.45) is 2.03. The highest BCUT2D eigenvalue weighted by atomic mass is 32.1. The summed E-state index contributed by atoms with van der Waals surface area (Å²) in [4.78, 5) is 2.10. The maximum Gasteiger partial charge on any atom is 0.132 e. The molecule has 1 aromatic heterocycles. The number of hydrogen-bond donors (Lipinski definition) is 1. The molecule has 0 bridgehead atoms. The van der Waals surface area contributed by atoms with Crippen LogP contribution in [0.1, 0.15) is 36.2 Å². The number of rotatable bonds is 4. The van der Waals surface area contributed by atoms with Gasteiger partial charge in [-0.05, 0) is 37.1 Å². The normalized spacial score (nSPS) is 12.7. The van der Waals surface area contributed by atoms with Gasteiger partial charge in [0.1, 0.15) is 5.82 Å². The van der Waals surface area contributed by atoms with E-state index in [1.54, 1.807) is 17.4 Å². The van der Waals surface area contributed by atoms with Crippen molar-refractivity contribution in [3.05, 3.63) is 46.6 Å². The van der Waals surface area contributed by atoms with Gasteiger partial charge in [-0.3, -0.25) is 0 Å². The lowest BCUT2D eigenvalue weighted by Gasteiger charge is -2.07. The quantitative estimate of drug-likeness (QED) is 0.852. The van der Waals surface area contributed by atoms with Gasteiger partial charge in [-0.1, -0.05) is 25.5 Å². The maximum absolute atomic E-state index is 13.9. The third-order valence-electron chi connectivity index (χ3n) is 3.06. The van der Waals surface area contributed by atoms with Crippen LogP contribution in [0.5, 0.6) is 0 Å². The highest BCUT2D eigenvalue weighted by molar-refractivity contribution is 7.15. The Labute approximate surface area is 111 Å². The van der Waals surface area contributed by atoms with E-state index in [4.69, 9.17) is 5.73 Å². The molecule has 1 nitrogen and oxygen atoms in total. The van der Waals surface area contributed by atoms with Crippen LogP contribution in [0.25, 0.3) is 10.4 Å². The van der Waals surface area contributed by atoms with Crippen molar-refractivity contribution in [1.82, 2.24) is 0 Å². The van der Waals surface area contributed by atoms with Crippen LogP contribution < -0.4 is 5.73 Å². The SMILES string of the molecule is CCCC(N)c1ccc(-c2c(C)cccc2F)s1. The van der Waals surface area contributed by atoms with Crippen LogP contribution in [0.15, 0.2) is 30.3 Å². The van der Waals surface area contributed by atoms with E-state index in [9.17, 15) is 4.39 Å². The minimum absolute atomic E-state index is 0.0702. The van der Waals surface area contributed by atoms with E-state index in [1.165, 1.54) is 6.07 Å². The van der Waals surface area contributed by atoms with E-state index in [2.05, 4.69) is 6.92 Å². The second-order valence-corrected chi connectivity index (χ2v) is 5.64. The summed E-state index contributed by atoms with van der Waals surface area (Å²) in [5.41, 5.74) is 7.76. The molecule has 96 valence electrons. The molecule has 18 heavy (non-hydrogen) atoms. The lowest BCUT2D eigenvalue weighted by atomic mass is 10.1. The topological polar surface area (TPSA) is 26.0 Å². The fraction of sp³-hybridized carbons (Fsp3) is 0.333. The lowest BCUT2D eigenvalue weighted by Crippen LogP contribution is -2.07. The molecular weight excluding hydrogens is 245 g/mol. The van der Waals surface area contributed by atoms with Crippen molar-refractivity contribution in [3.63, 3.8) is 0 Å². The molecule has 0 spiro atoms. The van der Waals surface area contributed by atoms with Crippen molar-refractivity contribution in [2.45, 2.75) is 32.7 Å². The third-order valence-corrected chi connectivity index (χ3v) is 4.29. The Hall–Kier alpha value is -1.19. The molecule has 2 N–H and O–H groups in total. The first-order chi connectivity index (χ1) is 8.63.